The lowest BCUT2D eigenvalue weighted by atomic mass is 10.1. The molecule has 0 amide bonds. The molecule has 0 heterocycles. The maximum absolute atomic E-state index is 13.7. The maximum atomic E-state index is 13.7. The Bertz CT molecular complexity index is 688. The normalized spacial score (nSPS) is 10.3. The molecule has 0 aliphatic carbocycles. The van der Waals surface area contributed by atoms with Crippen LogP contribution < -0.4 is 10.5 Å². The van der Waals surface area contributed by atoms with E-state index in [0.717, 1.165) is 0 Å². The van der Waals surface area contributed by atoms with Crippen LogP contribution in [0.5, 0.6) is 11.5 Å². The number of aryl methyl sites for hydroxylation is 1. The van der Waals surface area contributed by atoms with Gasteiger partial charge in [0.15, 0.2) is 11.6 Å². The number of benzene rings is 2. The van der Waals surface area contributed by atoms with Gasteiger partial charge in [-0.05, 0) is 42.8 Å². The van der Waals surface area contributed by atoms with Crippen molar-refractivity contribution in [2.75, 3.05) is 5.73 Å². The fourth-order valence-electron chi connectivity index (χ4n) is 1.69. The molecule has 104 valence electrons. The van der Waals surface area contributed by atoms with Crippen molar-refractivity contribution in [2.24, 2.45) is 0 Å². The molecule has 0 saturated carbocycles. The summed E-state index contributed by atoms with van der Waals surface area (Å²) in [6.45, 7) is 1.66. The minimum absolute atomic E-state index is 0.00807. The summed E-state index contributed by atoms with van der Waals surface area (Å²) in [5.74, 6) is -1.48. The molecule has 0 radical (unpaired) electrons. The van der Waals surface area contributed by atoms with Crippen molar-refractivity contribution < 1.29 is 19.0 Å². The van der Waals surface area contributed by atoms with Gasteiger partial charge in [0.25, 0.3) is 0 Å². The number of nitrogens with two attached hydrogens (primary N) is 1. The van der Waals surface area contributed by atoms with E-state index in [4.69, 9.17) is 15.6 Å². The van der Waals surface area contributed by atoms with Crippen LogP contribution >= 0.6 is 15.9 Å². The van der Waals surface area contributed by atoms with E-state index in [0.29, 0.717) is 10.0 Å². The van der Waals surface area contributed by atoms with E-state index in [1.54, 1.807) is 19.1 Å². The molecule has 20 heavy (non-hydrogen) atoms. The molecule has 0 spiro atoms. The number of carboxylic acids is 1. The topological polar surface area (TPSA) is 72.5 Å². The molecule has 0 atom stereocenters. The molecule has 0 aliphatic rings. The van der Waals surface area contributed by atoms with Crippen molar-refractivity contribution in [3.8, 4) is 11.5 Å². The van der Waals surface area contributed by atoms with E-state index < -0.39 is 11.8 Å². The minimum atomic E-state index is -1.16. The Morgan fingerprint density at radius 1 is 1.35 bits per heavy atom. The Labute approximate surface area is 123 Å². The fraction of sp³-hybridized carbons (Fsp3) is 0.0714. The third-order valence-corrected chi connectivity index (χ3v) is 3.21. The van der Waals surface area contributed by atoms with Crippen molar-refractivity contribution in [2.45, 2.75) is 6.92 Å². The van der Waals surface area contributed by atoms with Crippen molar-refractivity contribution in [3.05, 3.63) is 51.7 Å². The lowest BCUT2D eigenvalue weighted by molar-refractivity contribution is 0.0697. The summed E-state index contributed by atoms with van der Waals surface area (Å²) in [7, 11) is 0. The van der Waals surface area contributed by atoms with Crippen LogP contribution in [0.3, 0.4) is 0 Å². The molecule has 0 unspecified atom stereocenters. The zero-order chi connectivity index (χ0) is 14.9. The van der Waals surface area contributed by atoms with E-state index in [1.165, 1.54) is 18.2 Å². The van der Waals surface area contributed by atoms with E-state index >= 15 is 0 Å². The number of hydrogen-bond acceptors (Lipinski definition) is 3. The maximum Gasteiger partial charge on any atom is 0.337 e. The number of rotatable bonds is 3. The van der Waals surface area contributed by atoms with E-state index in [1.807, 2.05) is 0 Å². The number of aromatic carboxylic acids is 1. The van der Waals surface area contributed by atoms with Crippen LogP contribution in [0.25, 0.3) is 0 Å². The van der Waals surface area contributed by atoms with Crippen LogP contribution in [0, 0.1) is 12.7 Å². The van der Waals surface area contributed by atoms with E-state index in [2.05, 4.69) is 15.9 Å². The average molecular weight is 340 g/mol. The van der Waals surface area contributed by atoms with Crippen molar-refractivity contribution in [1.82, 2.24) is 0 Å². The Morgan fingerprint density at radius 2 is 2.05 bits per heavy atom. The lowest BCUT2D eigenvalue weighted by Gasteiger charge is -2.11. The summed E-state index contributed by atoms with van der Waals surface area (Å²) in [5.41, 5.74) is 6.33. The molecule has 3 N–H and O–H groups in total. The van der Waals surface area contributed by atoms with Crippen molar-refractivity contribution in [1.29, 1.82) is 0 Å². The zero-order valence-corrected chi connectivity index (χ0v) is 12.1. The molecule has 2 rings (SSSR count). The van der Waals surface area contributed by atoms with E-state index in [-0.39, 0.29) is 22.7 Å². The second kappa shape index (κ2) is 5.50. The molecular weight excluding hydrogens is 329 g/mol. The minimum Gasteiger partial charge on any atom is -0.478 e. The van der Waals surface area contributed by atoms with Crippen LogP contribution in [0.1, 0.15) is 15.9 Å². The van der Waals surface area contributed by atoms with Crippen LogP contribution in [0.4, 0.5) is 10.1 Å². The molecule has 0 bridgehead atoms. The van der Waals surface area contributed by atoms with Crippen LogP contribution in [-0.2, 0) is 0 Å². The van der Waals surface area contributed by atoms with Gasteiger partial charge in [0.1, 0.15) is 5.75 Å². The molecule has 0 aliphatic heterocycles. The first-order chi connectivity index (χ1) is 9.38. The molecule has 0 aromatic heterocycles. The van der Waals surface area contributed by atoms with Gasteiger partial charge in [0.05, 0.1) is 5.56 Å². The first-order valence-corrected chi connectivity index (χ1v) is 6.44. The lowest BCUT2D eigenvalue weighted by Crippen LogP contribution is -2.04. The SMILES string of the molecule is Cc1cc(Oc2ccc(Br)cc2F)cc(C(=O)O)c1N. The van der Waals surface area contributed by atoms with Gasteiger partial charge in [-0.2, -0.15) is 0 Å². The van der Waals surface area contributed by atoms with Gasteiger partial charge in [0.2, 0.25) is 0 Å². The number of ether oxygens (including phenoxy) is 1. The van der Waals surface area contributed by atoms with Gasteiger partial charge >= 0.3 is 5.97 Å². The number of anilines is 1. The summed E-state index contributed by atoms with van der Waals surface area (Å²) in [6.07, 6.45) is 0. The van der Waals surface area contributed by atoms with Crippen LogP contribution in [-0.4, -0.2) is 11.1 Å². The van der Waals surface area contributed by atoms with Crippen molar-refractivity contribution >= 4 is 27.6 Å². The number of carboxylic acid groups (broad SMARTS) is 1. The Hall–Kier alpha value is -2.08. The molecule has 2 aromatic rings. The number of carbonyl (C=O) groups is 1. The highest BCUT2D eigenvalue weighted by Gasteiger charge is 2.14. The number of nitrogen functional groups attached to an aromatic ring is 1. The van der Waals surface area contributed by atoms with Crippen LogP contribution in [0.2, 0.25) is 0 Å². The average Bonchev–Trinajstić information content (AvgIpc) is 2.36. The smallest absolute Gasteiger partial charge is 0.337 e. The summed E-state index contributed by atoms with van der Waals surface area (Å²) in [6, 6.07) is 7.17. The van der Waals surface area contributed by atoms with Crippen LogP contribution in [0.15, 0.2) is 34.8 Å². The molecule has 2 aromatic carbocycles. The summed E-state index contributed by atoms with van der Waals surface area (Å²) in [5, 5.41) is 9.06. The Morgan fingerprint density at radius 3 is 2.65 bits per heavy atom. The second-order valence-electron chi connectivity index (χ2n) is 4.18. The summed E-state index contributed by atoms with van der Waals surface area (Å²) >= 11 is 3.14. The monoisotopic (exact) mass is 339 g/mol. The standard InChI is InChI=1S/C14H11BrFNO3/c1-7-4-9(6-10(13(7)17)14(18)19)20-12-3-2-8(15)5-11(12)16/h2-6H,17H2,1H3,(H,18,19). The summed E-state index contributed by atoms with van der Waals surface area (Å²) in [4.78, 5) is 11.1. The van der Waals surface area contributed by atoms with Gasteiger partial charge in [-0.1, -0.05) is 15.9 Å². The Balaban J connectivity index is 2.41. The third kappa shape index (κ3) is 2.91. The van der Waals surface area contributed by atoms with Gasteiger partial charge in [-0.15, -0.1) is 0 Å². The molecular formula is C14H11BrFNO3. The van der Waals surface area contributed by atoms with Gasteiger partial charge in [-0.25, -0.2) is 9.18 Å². The third-order valence-electron chi connectivity index (χ3n) is 2.71. The molecule has 4 nitrogen and oxygen atoms in total. The largest absolute Gasteiger partial charge is 0.478 e. The zero-order valence-electron chi connectivity index (χ0n) is 10.5. The molecule has 6 heteroatoms. The van der Waals surface area contributed by atoms with Gasteiger partial charge in [-0.3, -0.25) is 0 Å². The first kappa shape index (κ1) is 14.3. The molecule has 0 fully saturated rings. The quantitative estimate of drug-likeness (QED) is 0.830. The number of hydrogen-bond donors (Lipinski definition) is 2. The highest BCUT2D eigenvalue weighted by molar-refractivity contribution is 9.10. The van der Waals surface area contributed by atoms with E-state index in [9.17, 15) is 9.18 Å². The van der Waals surface area contributed by atoms with Gasteiger partial charge in [0, 0.05) is 10.2 Å². The highest BCUT2D eigenvalue weighted by Crippen LogP contribution is 2.30. The Kier molecular flexibility index (Phi) is 3.94. The second-order valence-corrected chi connectivity index (χ2v) is 5.10. The molecule has 0 saturated heterocycles. The fourth-order valence-corrected chi connectivity index (χ4v) is 2.02. The number of halogens is 2. The predicted molar refractivity (Wildman–Crippen MR) is 76.7 cm³/mol. The predicted octanol–water partition coefficient (Wildman–Crippen LogP) is 3.97. The summed E-state index contributed by atoms with van der Waals surface area (Å²) < 4.78 is 19.6. The van der Waals surface area contributed by atoms with Crippen molar-refractivity contribution in [3.63, 3.8) is 0 Å². The first-order valence-electron chi connectivity index (χ1n) is 5.65. The van der Waals surface area contributed by atoms with Gasteiger partial charge < -0.3 is 15.6 Å². The highest BCUT2D eigenvalue weighted by atomic mass is 79.9.